The minimum atomic E-state index is 0.620. The third-order valence-corrected chi connectivity index (χ3v) is 4.56. The lowest BCUT2D eigenvalue weighted by Gasteiger charge is -2.12. The minimum Gasteiger partial charge on any atom is -0.381 e. The summed E-state index contributed by atoms with van der Waals surface area (Å²) in [6.45, 7) is 5.25. The summed E-state index contributed by atoms with van der Waals surface area (Å²) in [5.41, 5.74) is 3.73. The zero-order chi connectivity index (χ0) is 14.5. The quantitative estimate of drug-likeness (QED) is 0.672. The maximum absolute atomic E-state index is 5.94. The number of hydrogen-bond donors (Lipinski definition) is 1. The van der Waals surface area contributed by atoms with E-state index in [1.54, 1.807) is 0 Å². The molecule has 0 spiro atoms. The first-order valence-corrected chi connectivity index (χ1v) is 8.05. The Hall–Kier alpha value is -0.990. The minimum absolute atomic E-state index is 0.620. The average Bonchev–Trinajstić information content (AvgIpc) is 2.46. The van der Waals surface area contributed by atoms with Gasteiger partial charge in [-0.15, -0.1) is 0 Å². The lowest BCUT2D eigenvalue weighted by Crippen LogP contribution is -2.00. The molecule has 2 rings (SSSR count). The Morgan fingerprint density at radius 3 is 2.45 bits per heavy atom. The third-order valence-electron chi connectivity index (χ3n) is 3.59. The van der Waals surface area contributed by atoms with Gasteiger partial charge in [-0.2, -0.15) is 0 Å². The molecule has 3 heteroatoms. The molecule has 20 heavy (non-hydrogen) atoms. The number of nitrogens with one attached hydrogen (secondary N) is 1. The predicted octanol–water partition coefficient (Wildman–Crippen LogP) is 6.23. The number of benzene rings is 2. The largest absolute Gasteiger partial charge is 0.381 e. The molecule has 0 aliphatic rings. The normalized spacial score (nSPS) is 12.2. The highest BCUT2D eigenvalue weighted by atomic mass is 79.9. The summed E-state index contributed by atoms with van der Waals surface area (Å²) in [6.07, 6.45) is 1.17. The first kappa shape index (κ1) is 15.4. The van der Waals surface area contributed by atoms with Crippen molar-refractivity contribution in [3.8, 4) is 0 Å². The van der Waals surface area contributed by atoms with E-state index in [0.29, 0.717) is 5.92 Å². The number of anilines is 1. The van der Waals surface area contributed by atoms with Crippen molar-refractivity contribution in [2.75, 3.05) is 5.32 Å². The van der Waals surface area contributed by atoms with Crippen molar-refractivity contribution in [2.45, 2.75) is 32.7 Å². The molecule has 0 amide bonds. The Balaban J connectivity index is 2.00. The number of rotatable bonds is 5. The van der Waals surface area contributed by atoms with Crippen molar-refractivity contribution < 1.29 is 0 Å². The van der Waals surface area contributed by atoms with Gasteiger partial charge in [-0.05, 0) is 47.7 Å². The van der Waals surface area contributed by atoms with Gasteiger partial charge in [-0.3, -0.25) is 0 Å². The van der Waals surface area contributed by atoms with E-state index in [2.05, 4.69) is 59.4 Å². The molecule has 1 nitrogen and oxygen atoms in total. The summed E-state index contributed by atoms with van der Waals surface area (Å²) in [5, 5.41) is 4.18. The van der Waals surface area contributed by atoms with Crippen LogP contribution in [-0.2, 0) is 6.54 Å². The second-order valence-corrected chi connectivity index (χ2v) is 6.31. The molecular weight excluding hydrogens is 334 g/mol. The van der Waals surface area contributed by atoms with Gasteiger partial charge in [0.15, 0.2) is 0 Å². The molecule has 0 saturated heterocycles. The SMILES string of the molecule is CCC(C)c1ccc(NCc2ccc(Cl)cc2Br)cc1. The summed E-state index contributed by atoms with van der Waals surface area (Å²) in [4.78, 5) is 0. The average molecular weight is 353 g/mol. The van der Waals surface area contributed by atoms with E-state index in [1.807, 2.05) is 18.2 Å². The molecule has 0 fully saturated rings. The number of hydrogen-bond acceptors (Lipinski definition) is 1. The van der Waals surface area contributed by atoms with Crippen LogP contribution in [0.25, 0.3) is 0 Å². The van der Waals surface area contributed by atoms with Crippen molar-refractivity contribution >= 4 is 33.2 Å². The topological polar surface area (TPSA) is 12.0 Å². The molecule has 0 aliphatic carbocycles. The van der Waals surface area contributed by atoms with E-state index >= 15 is 0 Å². The van der Waals surface area contributed by atoms with Crippen molar-refractivity contribution in [1.29, 1.82) is 0 Å². The van der Waals surface area contributed by atoms with Crippen LogP contribution in [0, 0.1) is 0 Å². The molecule has 2 aromatic carbocycles. The fourth-order valence-corrected chi connectivity index (χ4v) is 2.85. The summed E-state index contributed by atoms with van der Waals surface area (Å²) in [7, 11) is 0. The van der Waals surface area contributed by atoms with Gasteiger partial charge < -0.3 is 5.32 Å². The van der Waals surface area contributed by atoms with Gasteiger partial charge in [0.1, 0.15) is 0 Å². The zero-order valence-electron chi connectivity index (χ0n) is 11.8. The van der Waals surface area contributed by atoms with E-state index in [-0.39, 0.29) is 0 Å². The molecule has 0 aliphatic heterocycles. The molecule has 0 bridgehead atoms. The van der Waals surface area contributed by atoms with E-state index in [1.165, 1.54) is 17.5 Å². The third kappa shape index (κ3) is 4.00. The smallest absolute Gasteiger partial charge is 0.0417 e. The van der Waals surface area contributed by atoms with Gasteiger partial charge in [0.25, 0.3) is 0 Å². The highest BCUT2D eigenvalue weighted by Crippen LogP contribution is 2.24. The molecule has 0 saturated carbocycles. The van der Waals surface area contributed by atoms with Crippen molar-refractivity contribution in [3.05, 3.63) is 63.1 Å². The maximum Gasteiger partial charge on any atom is 0.0417 e. The first-order valence-electron chi connectivity index (χ1n) is 6.88. The highest BCUT2D eigenvalue weighted by molar-refractivity contribution is 9.10. The van der Waals surface area contributed by atoms with Crippen molar-refractivity contribution in [1.82, 2.24) is 0 Å². The fourth-order valence-electron chi connectivity index (χ4n) is 2.03. The summed E-state index contributed by atoms with van der Waals surface area (Å²) >= 11 is 9.48. The van der Waals surface area contributed by atoms with E-state index in [4.69, 9.17) is 11.6 Å². The van der Waals surface area contributed by atoms with Crippen LogP contribution in [0.15, 0.2) is 46.9 Å². The molecule has 0 heterocycles. The second-order valence-electron chi connectivity index (χ2n) is 5.02. The van der Waals surface area contributed by atoms with Crippen LogP contribution < -0.4 is 5.32 Å². The van der Waals surface area contributed by atoms with Crippen molar-refractivity contribution in [2.24, 2.45) is 0 Å². The molecule has 1 atom stereocenters. The van der Waals surface area contributed by atoms with Gasteiger partial charge in [-0.1, -0.05) is 59.6 Å². The van der Waals surface area contributed by atoms with Gasteiger partial charge in [0.2, 0.25) is 0 Å². The van der Waals surface area contributed by atoms with E-state index in [9.17, 15) is 0 Å². The maximum atomic E-state index is 5.94. The predicted molar refractivity (Wildman–Crippen MR) is 91.6 cm³/mol. The Labute approximate surface area is 134 Å². The first-order chi connectivity index (χ1) is 9.60. The Kier molecular flexibility index (Phi) is 5.50. The van der Waals surface area contributed by atoms with E-state index in [0.717, 1.165) is 21.7 Å². The van der Waals surface area contributed by atoms with Crippen LogP contribution in [0.5, 0.6) is 0 Å². The summed E-state index contributed by atoms with van der Waals surface area (Å²) in [6, 6.07) is 14.6. The van der Waals surface area contributed by atoms with Crippen LogP contribution in [0.4, 0.5) is 5.69 Å². The van der Waals surface area contributed by atoms with Gasteiger partial charge in [0.05, 0.1) is 0 Å². The summed E-state index contributed by atoms with van der Waals surface area (Å²) in [5.74, 6) is 0.620. The Bertz CT molecular complexity index is 566. The number of halogens is 2. The van der Waals surface area contributed by atoms with Crippen LogP contribution >= 0.6 is 27.5 Å². The van der Waals surface area contributed by atoms with Crippen LogP contribution in [0.2, 0.25) is 5.02 Å². The van der Waals surface area contributed by atoms with E-state index < -0.39 is 0 Å². The molecule has 0 radical (unpaired) electrons. The highest BCUT2D eigenvalue weighted by Gasteiger charge is 2.03. The van der Waals surface area contributed by atoms with Gasteiger partial charge in [-0.25, -0.2) is 0 Å². The van der Waals surface area contributed by atoms with Gasteiger partial charge >= 0.3 is 0 Å². The molecule has 1 unspecified atom stereocenters. The Morgan fingerprint density at radius 2 is 1.85 bits per heavy atom. The lowest BCUT2D eigenvalue weighted by atomic mass is 9.99. The second kappa shape index (κ2) is 7.14. The molecule has 2 aromatic rings. The van der Waals surface area contributed by atoms with Crippen LogP contribution in [0.1, 0.15) is 37.3 Å². The molecular formula is C17H19BrClN. The van der Waals surface area contributed by atoms with Crippen LogP contribution in [-0.4, -0.2) is 0 Å². The summed E-state index contributed by atoms with van der Waals surface area (Å²) < 4.78 is 1.04. The zero-order valence-corrected chi connectivity index (χ0v) is 14.1. The lowest BCUT2D eigenvalue weighted by molar-refractivity contribution is 0.734. The molecule has 1 N–H and O–H groups in total. The fraction of sp³-hybridized carbons (Fsp3) is 0.294. The van der Waals surface area contributed by atoms with Gasteiger partial charge in [0, 0.05) is 21.7 Å². The van der Waals surface area contributed by atoms with Crippen molar-refractivity contribution in [3.63, 3.8) is 0 Å². The molecule has 106 valence electrons. The van der Waals surface area contributed by atoms with Crippen LogP contribution in [0.3, 0.4) is 0 Å². The monoisotopic (exact) mass is 351 g/mol. The standard InChI is InChI=1S/C17H19BrClN/c1-3-12(2)13-5-8-16(9-6-13)20-11-14-4-7-15(19)10-17(14)18/h4-10,12,20H,3,11H2,1-2H3. The molecule has 0 aromatic heterocycles. The Morgan fingerprint density at radius 1 is 1.15 bits per heavy atom.